The van der Waals surface area contributed by atoms with Gasteiger partial charge in [0.25, 0.3) is 0 Å². The first-order valence-corrected chi connectivity index (χ1v) is 8.61. The molecule has 0 amide bonds. The van der Waals surface area contributed by atoms with Gasteiger partial charge in [0.2, 0.25) is 0 Å². The first-order chi connectivity index (χ1) is 10.2. The third-order valence-electron chi connectivity index (χ3n) is 4.59. The lowest BCUT2D eigenvalue weighted by atomic mass is 9.88. The SMILES string of the molecule is CCCNC(COC1CCCC(C)C1)c1ccccc1C. The van der Waals surface area contributed by atoms with Crippen molar-refractivity contribution in [2.75, 3.05) is 13.2 Å². The molecule has 3 atom stereocenters. The minimum atomic E-state index is 0.323. The first-order valence-electron chi connectivity index (χ1n) is 8.61. The Labute approximate surface area is 130 Å². The average molecular weight is 289 g/mol. The second-order valence-electron chi connectivity index (χ2n) is 6.59. The van der Waals surface area contributed by atoms with Crippen LogP contribution in [0.2, 0.25) is 0 Å². The van der Waals surface area contributed by atoms with E-state index in [1.54, 1.807) is 0 Å². The quantitative estimate of drug-likeness (QED) is 0.790. The van der Waals surface area contributed by atoms with Gasteiger partial charge in [0, 0.05) is 0 Å². The molecule has 3 unspecified atom stereocenters. The van der Waals surface area contributed by atoms with Crippen molar-refractivity contribution in [1.82, 2.24) is 5.32 Å². The van der Waals surface area contributed by atoms with Gasteiger partial charge in [-0.25, -0.2) is 0 Å². The van der Waals surface area contributed by atoms with Crippen LogP contribution in [0.1, 0.15) is 63.1 Å². The molecule has 0 heterocycles. The van der Waals surface area contributed by atoms with E-state index in [-0.39, 0.29) is 0 Å². The third-order valence-corrected chi connectivity index (χ3v) is 4.59. The zero-order valence-electron chi connectivity index (χ0n) is 13.9. The van der Waals surface area contributed by atoms with E-state index in [9.17, 15) is 0 Å². The second kappa shape index (κ2) is 8.55. The first kappa shape index (κ1) is 16.5. The summed E-state index contributed by atoms with van der Waals surface area (Å²) in [6, 6.07) is 8.99. The summed E-state index contributed by atoms with van der Waals surface area (Å²) >= 11 is 0. The highest BCUT2D eigenvalue weighted by Gasteiger charge is 2.21. The Morgan fingerprint density at radius 1 is 1.29 bits per heavy atom. The van der Waals surface area contributed by atoms with Crippen molar-refractivity contribution in [1.29, 1.82) is 0 Å². The molecule has 2 nitrogen and oxygen atoms in total. The fourth-order valence-corrected chi connectivity index (χ4v) is 3.32. The Morgan fingerprint density at radius 2 is 2.10 bits per heavy atom. The van der Waals surface area contributed by atoms with E-state index in [0.29, 0.717) is 12.1 Å². The van der Waals surface area contributed by atoms with Crippen LogP contribution in [0.15, 0.2) is 24.3 Å². The summed E-state index contributed by atoms with van der Waals surface area (Å²) in [5, 5.41) is 3.65. The summed E-state index contributed by atoms with van der Waals surface area (Å²) in [4.78, 5) is 0. The minimum Gasteiger partial charge on any atom is -0.376 e. The maximum absolute atomic E-state index is 6.26. The Kier molecular flexibility index (Phi) is 6.72. The molecule has 1 aromatic carbocycles. The maximum Gasteiger partial charge on any atom is 0.0665 e. The molecule has 2 heteroatoms. The van der Waals surface area contributed by atoms with Crippen LogP contribution in [0.5, 0.6) is 0 Å². The van der Waals surface area contributed by atoms with E-state index < -0.39 is 0 Å². The highest BCUT2D eigenvalue weighted by atomic mass is 16.5. The van der Waals surface area contributed by atoms with E-state index >= 15 is 0 Å². The van der Waals surface area contributed by atoms with Gasteiger partial charge in [-0.1, -0.05) is 51.0 Å². The summed E-state index contributed by atoms with van der Waals surface area (Å²) in [6.45, 7) is 8.60. The van der Waals surface area contributed by atoms with E-state index in [1.807, 2.05) is 0 Å². The van der Waals surface area contributed by atoms with Crippen LogP contribution in [0.4, 0.5) is 0 Å². The van der Waals surface area contributed by atoms with Crippen molar-refractivity contribution in [2.45, 2.75) is 65.0 Å². The smallest absolute Gasteiger partial charge is 0.0665 e. The molecule has 0 spiro atoms. The maximum atomic E-state index is 6.26. The highest BCUT2D eigenvalue weighted by Crippen LogP contribution is 2.27. The summed E-state index contributed by atoms with van der Waals surface area (Å²) in [5.74, 6) is 0.823. The van der Waals surface area contributed by atoms with Gasteiger partial charge in [0.1, 0.15) is 0 Å². The number of benzene rings is 1. The predicted octanol–water partition coefficient (Wildman–Crippen LogP) is 4.63. The van der Waals surface area contributed by atoms with Crippen LogP contribution >= 0.6 is 0 Å². The number of nitrogens with one attached hydrogen (secondary N) is 1. The van der Waals surface area contributed by atoms with Crippen molar-refractivity contribution >= 4 is 0 Å². The number of rotatable bonds is 7. The fourth-order valence-electron chi connectivity index (χ4n) is 3.32. The Hall–Kier alpha value is -0.860. The minimum absolute atomic E-state index is 0.323. The second-order valence-corrected chi connectivity index (χ2v) is 6.59. The van der Waals surface area contributed by atoms with Crippen LogP contribution < -0.4 is 5.32 Å². The molecule has 21 heavy (non-hydrogen) atoms. The highest BCUT2D eigenvalue weighted by molar-refractivity contribution is 5.28. The Bertz CT molecular complexity index is 418. The summed E-state index contributed by atoms with van der Waals surface area (Å²) in [5.41, 5.74) is 2.74. The van der Waals surface area contributed by atoms with Crippen LogP contribution in [-0.2, 0) is 4.74 Å². The monoisotopic (exact) mass is 289 g/mol. The molecule has 0 aliphatic heterocycles. The zero-order valence-corrected chi connectivity index (χ0v) is 13.9. The van der Waals surface area contributed by atoms with Crippen LogP contribution in [-0.4, -0.2) is 19.3 Å². The summed E-state index contributed by atoms with van der Waals surface area (Å²) < 4.78 is 6.26. The molecule has 0 radical (unpaired) electrons. The van der Waals surface area contributed by atoms with Crippen molar-refractivity contribution in [2.24, 2.45) is 5.92 Å². The largest absolute Gasteiger partial charge is 0.376 e. The normalized spacial score (nSPS) is 24.0. The lowest BCUT2D eigenvalue weighted by Crippen LogP contribution is -2.30. The van der Waals surface area contributed by atoms with E-state index in [2.05, 4.69) is 50.4 Å². The van der Waals surface area contributed by atoms with Gasteiger partial charge in [-0.3, -0.25) is 0 Å². The lowest BCUT2D eigenvalue weighted by molar-refractivity contribution is 0.00393. The van der Waals surface area contributed by atoms with Crippen LogP contribution in [0.25, 0.3) is 0 Å². The molecule has 0 saturated heterocycles. The molecule has 1 aliphatic carbocycles. The molecule has 118 valence electrons. The van der Waals surface area contributed by atoms with Crippen molar-refractivity contribution in [3.63, 3.8) is 0 Å². The molecule has 1 aliphatic rings. The van der Waals surface area contributed by atoms with Crippen molar-refractivity contribution in [3.8, 4) is 0 Å². The van der Waals surface area contributed by atoms with E-state index in [0.717, 1.165) is 25.5 Å². The van der Waals surface area contributed by atoms with Gasteiger partial charge in [-0.2, -0.15) is 0 Å². The summed E-state index contributed by atoms with van der Waals surface area (Å²) in [6.07, 6.45) is 6.78. The molecule has 1 fully saturated rings. The van der Waals surface area contributed by atoms with Crippen LogP contribution in [0, 0.1) is 12.8 Å². The molecule has 1 N–H and O–H groups in total. The van der Waals surface area contributed by atoms with Crippen molar-refractivity contribution in [3.05, 3.63) is 35.4 Å². The van der Waals surface area contributed by atoms with Crippen molar-refractivity contribution < 1.29 is 4.74 Å². The zero-order chi connectivity index (χ0) is 15.1. The van der Waals surface area contributed by atoms with Gasteiger partial charge in [-0.05, 0) is 49.8 Å². The predicted molar refractivity (Wildman–Crippen MR) is 89.6 cm³/mol. The molecular formula is C19H31NO. The topological polar surface area (TPSA) is 21.3 Å². The summed E-state index contributed by atoms with van der Waals surface area (Å²) in [7, 11) is 0. The van der Waals surface area contributed by atoms with E-state index in [4.69, 9.17) is 4.74 Å². The van der Waals surface area contributed by atoms with E-state index in [1.165, 1.54) is 36.8 Å². The van der Waals surface area contributed by atoms with Gasteiger partial charge in [-0.15, -0.1) is 0 Å². The molecule has 1 saturated carbocycles. The standard InChI is InChI=1S/C19H31NO/c1-4-12-20-19(18-11-6-5-9-16(18)3)14-21-17-10-7-8-15(2)13-17/h5-6,9,11,15,17,19-20H,4,7-8,10,12-14H2,1-3H3. The number of hydrogen-bond donors (Lipinski definition) is 1. The Morgan fingerprint density at radius 3 is 2.81 bits per heavy atom. The van der Waals surface area contributed by atoms with Gasteiger partial charge in [0.15, 0.2) is 0 Å². The molecular weight excluding hydrogens is 258 g/mol. The third kappa shape index (κ3) is 5.12. The fraction of sp³-hybridized carbons (Fsp3) is 0.684. The van der Waals surface area contributed by atoms with Gasteiger partial charge in [0.05, 0.1) is 18.8 Å². The van der Waals surface area contributed by atoms with Crippen LogP contribution in [0.3, 0.4) is 0 Å². The van der Waals surface area contributed by atoms with Gasteiger partial charge >= 0.3 is 0 Å². The number of aryl methyl sites for hydroxylation is 1. The Balaban J connectivity index is 1.94. The van der Waals surface area contributed by atoms with Gasteiger partial charge < -0.3 is 10.1 Å². The number of ether oxygens (including phenoxy) is 1. The average Bonchev–Trinajstić information content (AvgIpc) is 2.48. The molecule has 0 aromatic heterocycles. The lowest BCUT2D eigenvalue weighted by Gasteiger charge is -2.29. The molecule has 2 rings (SSSR count). The molecule has 1 aromatic rings. The molecule has 0 bridgehead atoms. The number of hydrogen-bond acceptors (Lipinski definition) is 2.